The molecule has 0 fully saturated rings. The van der Waals surface area contributed by atoms with Crippen molar-refractivity contribution in [2.24, 2.45) is 0 Å². The van der Waals surface area contributed by atoms with Gasteiger partial charge >= 0.3 is 0 Å². The third-order valence-corrected chi connectivity index (χ3v) is 2.73. The average molecular weight is 317 g/mol. The Labute approximate surface area is 110 Å². The molecule has 0 radical (unpaired) electrons. The largest absolute Gasteiger partial charge is 0.486 e. The highest BCUT2D eigenvalue weighted by molar-refractivity contribution is 9.10. The third-order valence-electron chi connectivity index (χ3n) is 2.27. The van der Waals surface area contributed by atoms with E-state index in [1.54, 1.807) is 0 Å². The van der Waals surface area contributed by atoms with Gasteiger partial charge in [0.15, 0.2) is 11.6 Å². The van der Waals surface area contributed by atoms with Crippen molar-refractivity contribution < 1.29 is 17.9 Å². The van der Waals surface area contributed by atoms with Crippen LogP contribution in [-0.2, 0) is 6.61 Å². The molecule has 0 bridgehead atoms. The molecule has 2 aromatic carbocycles. The second kappa shape index (κ2) is 5.44. The Morgan fingerprint density at radius 1 is 1.00 bits per heavy atom. The summed E-state index contributed by atoms with van der Waals surface area (Å²) in [5.41, 5.74) is 0.663. The molecule has 0 aromatic heterocycles. The van der Waals surface area contributed by atoms with Gasteiger partial charge in [0.2, 0.25) is 5.82 Å². The minimum atomic E-state index is -1.04. The van der Waals surface area contributed by atoms with E-state index in [0.717, 1.165) is 6.07 Å². The van der Waals surface area contributed by atoms with Crippen molar-refractivity contribution >= 4 is 15.9 Å². The highest BCUT2D eigenvalue weighted by atomic mass is 79.9. The quantitative estimate of drug-likeness (QED) is 0.760. The summed E-state index contributed by atoms with van der Waals surface area (Å²) in [7, 11) is 0. The monoisotopic (exact) mass is 316 g/mol. The minimum absolute atomic E-state index is 0.0348. The van der Waals surface area contributed by atoms with Gasteiger partial charge in [-0.1, -0.05) is 28.1 Å². The summed E-state index contributed by atoms with van der Waals surface area (Å²) in [5.74, 6) is -2.58. The van der Waals surface area contributed by atoms with Gasteiger partial charge in [-0.05, 0) is 29.8 Å². The van der Waals surface area contributed by atoms with Crippen LogP contribution in [0.5, 0.6) is 5.75 Å². The average Bonchev–Trinajstić information content (AvgIpc) is 2.34. The maximum atomic E-state index is 13.4. The lowest BCUT2D eigenvalue weighted by Gasteiger charge is -2.08. The van der Waals surface area contributed by atoms with E-state index in [-0.39, 0.29) is 18.2 Å². The highest BCUT2D eigenvalue weighted by Gasteiger charge is 2.11. The van der Waals surface area contributed by atoms with E-state index in [1.807, 2.05) is 0 Å². The van der Waals surface area contributed by atoms with Crippen molar-refractivity contribution in [3.05, 3.63) is 63.9 Å². The maximum absolute atomic E-state index is 13.4. The van der Waals surface area contributed by atoms with Crippen molar-refractivity contribution in [1.82, 2.24) is 0 Å². The molecule has 0 saturated heterocycles. The van der Waals surface area contributed by atoms with Crippen LogP contribution in [0.3, 0.4) is 0 Å². The van der Waals surface area contributed by atoms with Crippen LogP contribution < -0.4 is 4.74 Å². The Hall–Kier alpha value is -1.49. The molecule has 0 atom stereocenters. The van der Waals surface area contributed by atoms with Gasteiger partial charge in [0.05, 0.1) is 0 Å². The van der Waals surface area contributed by atoms with Crippen LogP contribution >= 0.6 is 15.9 Å². The lowest BCUT2D eigenvalue weighted by atomic mass is 10.2. The van der Waals surface area contributed by atoms with Gasteiger partial charge in [-0.3, -0.25) is 0 Å². The van der Waals surface area contributed by atoms with E-state index in [4.69, 9.17) is 4.74 Å². The maximum Gasteiger partial charge on any atom is 0.200 e. The molecule has 0 saturated carbocycles. The zero-order valence-corrected chi connectivity index (χ0v) is 10.7. The summed E-state index contributed by atoms with van der Waals surface area (Å²) in [6.07, 6.45) is 0. The summed E-state index contributed by atoms with van der Waals surface area (Å²) in [4.78, 5) is 0. The molecule has 18 heavy (non-hydrogen) atoms. The van der Waals surface area contributed by atoms with E-state index in [2.05, 4.69) is 15.9 Å². The first-order valence-electron chi connectivity index (χ1n) is 5.08. The predicted molar refractivity (Wildman–Crippen MR) is 64.8 cm³/mol. The zero-order valence-electron chi connectivity index (χ0n) is 9.09. The van der Waals surface area contributed by atoms with Crippen LogP contribution in [0.1, 0.15) is 5.56 Å². The molecule has 2 aromatic rings. The van der Waals surface area contributed by atoms with E-state index < -0.39 is 11.6 Å². The zero-order chi connectivity index (χ0) is 13.1. The molecule has 0 aliphatic heterocycles. The van der Waals surface area contributed by atoms with Crippen LogP contribution in [0.25, 0.3) is 0 Å². The predicted octanol–water partition coefficient (Wildman–Crippen LogP) is 4.45. The molecule has 0 aliphatic carbocycles. The van der Waals surface area contributed by atoms with E-state index in [1.165, 1.54) is 30.3 Å². The number of hydrogen-bond acceptors (Lipinski definition) is 1. The Morgan fingerprint density at radius 3 is 2.33 bits per heavy atom. The number of benzene rings is 2. The van der Waals surface area contributed by atoms with Crippen molar-refractivity contribution in [3.63, 3.8) is 0 Å². The van der Waals surface area contributed by atoms with E-state index in [0.29, 0.717) is 10.0 Å². The second-order valence-electron chi connectivity index (χ2n) is 3.61. The van der Waals surface area contributed by atoms with Crippen molar-refractivity contribution in [1.29, 1.82) is 0 Å². The van der Waals surface area contributed by atoms with Crippen LogP contribution in [0.2, 0.25) is 0 Å². The molecule has 0 spiro atoms. The van der Waals surface area contributed by atoms with Crippen LogP contribution in [0.4, 0.5) is 13.2 Å². The fourth-order valence-electron chi connectivity index (χ4n) is 1.38. The molecule has 94 valence electrons. The van der Waals surface area contributed by atoms with Gasteiger partial charge in [0.1, 0.15) is 12.4 Å². The summed E-state index contributed by atoms with van der Waals surface area (Å²) >= 11 is 3.05. The topological polar surface area (TPSA) is 9.23 Å². The molecule has 5 heteroatoms. The first-order valence-corrected chi connectivity index (χ1v) is 5.87. The smallest absolute Gasteiger partial charge is 0.200 e. The van der Waals surface area contributed by atoms with Crippen molar-refractivity contribution in [2.45, 2.75) is 6.61 Å². The lowest BCUT2D eigenvalue weighted by Crippen LogP contribution is -1.99. The molecule has 1 nitrogen and oxygen atoms in total. The van der Waals surface area contributed by atoms with Crippen molar-refractivity contribution in [2.75, 3.05) is 0 Å². The molecule has 0 amide bonds. The highest BCUT2D eigenvalue weighted by Crippen LogP contribution is 2.26. The third kappa shape index (κ3) is 3.04. The number of hydrogen-bond donors (Lipinski definition) is 0. The Kier molecular flexibility index (Phi) is 3.91. The Morgan fingerprint density at radius 2 is 1.67 bits per heavy atom. The molecule has 0 heterocycles. The van der Waals surface area contributed by atoms with Gasteiger partial charge in [0.25, 0.3) is 0 Å². The van der Waals surface area contributed by atoms with Gasteiger partial charge < -0.3 is 4.74 Å². The summed E-state index contributed by atoms with van der Waals surface area (Å²) < 4.78 is 44.7. The van der Waals surface area contributed by atoms with Gasteiger partial charge in [-0.2, -0.15) is 4.39 Å². The first-order chi connectivity index (χ1) is 8.56. The van der Waals surface area contributed by atoms with Gasteiger partial charge in [0, 0.05) is 4.47 Å². The van der Waals surface area contributed by atoms with E-state index in [9.17, 15) is 13.2 Å². The normalized spacial score (nSPS) is 10.4. The molecule has 0 N–H and O–H groups in total. The standard InChI is InChI=1S/C13H8BrF3O/c14-9-5-11(16)13(17)12(6-9)18-7-8-1-3-10(15)4-2-8/h1-6H,7H2. The van der Waals surface area contributed by atoms with Crippen molar-refractivity contribution in [3.8, 4) is 5.75 Å². The summed E-state index contributed by atoms with van der Waals surface area (Å²) in [5, 5.41) is 0. The van der Waals surface area contributed by atoms with Gasteiger partial charge in [-0.15, -0.1) is 0 Å². The number of ether oxygens (including phenoxy) is 1. The van der Waals surface area contributed by atoms with Crippen LogP contribution in [0, 0.1) is 17.5 Å². The Bertz CT molecular complexity index is 555. The summed E-state index contributed by atoms with van der Waals surface area (Å²) in [6.45, 7) is 0.0348. The van der Waals surface area contributed by atoms with E-state index >= 15 is 0 Å². The summed E-state index contributed by atoms with van der Waals surface area (Å²) in [6, 6.07) is 7.93. The molecule has 2 rings (SSSR count). The fraction of sp³-hybridized carbons (Fsp3) is 0.0769. The lowest BCUT2D eigenvalue weighted by molar-refractivity contribution is 0.284. The SMILES string of the molecule is Fc1ccc(COc2cc(Br)cc(F)c2F)cc1. The first kappa shape index (κ1) is 13.0. The minimum Gasteiger partial charge on any atom is -0.486 e. The number of halogens is 4. The molecule has 0 unspecified atom stereocenters. The van der Waals surface area contributed by atoms with Crippen LogP contribution in [-0.4, -0.2) is 0 Å². The fourth-order valence-corrected chi connectivity index (χ4v) is 1.79. The van der Waals surface area contributed by atoms with Gasteiger partial charge in [-0.25, -0.2) is 8.78 Å². The molecule has 0 aliphatic rings. The second-order valence-corrected chi connectivity index (χ2v) is 4.53. The Balaban J connectivity index is 2.13. The molecular formula is C13H8BrF3O. The number of rotatable bonds is 3. The molecular weight excluding hydrogens is 309 g/mol. The van der Waals surface area contributed by atoms with Crippen LogP contribution in [0.15, 0.2) is 40.9 Å².